The molecule has 6 rings (SSSR count). The summed E-state index contributed by atoms with van der Waals surface area (Å²) in [6, 6.07) is 0. The van der Waals surface area contributed by atoms with Crippen molar-refractivity contribution >= 4 is 33.3 Å². The Morgan fingerprint density at radius 2 is 1.76 bits per heavy atom. The summed E-state index contributed by atoms with van der Waals surface area (Å²) < 4.78 is 0. The lowest BCUT2D eigenvalue weighted by Crippen LogP contribution is -2.51. The molecule has 0 N–H and O–H groups in total. The van der Waals surface area contributed by atoms with Gasteiger partial charge in [-0.25, -0.2) is 9.97 Å². The van der Waals surface area contributed by atoms with Crippen molar-refractivity contribution in [3.05, 3.63) is 16.3 Å². The number of amides is 1. The van der Waals surface area contributed by atoms with Crippen molar-refractivity contribution in [2.45, 2.75) is 77.2 Å². The Morgan fingerprint density at radius 3 is 2.45 bits per heavy atom. The van der Waals surface area contributed by atoms with Crippen molar-refractivity contribution in [1.82, 2.24) is 19.8 Å². The molecule has 1 saturated heterocycles. The maximum absolute atomic E-state index is 12.8. The summed E-state index contributed by atoms with van der Waals surface area (Å²) in [4.78, 5) is 33.1. The average molecular weight is 468 g/mol. The lowest BCUT2D eigenvalue weighted by molar-refractivity contribution is -0.138. The van der Waals surface area contributed by atoms with Crippen molar-refractivity contribution in [2.75, 3.05) is 44.2 Å². The first-order valence-electron chi connectivity index (χ1n) is 13.3. The van der Waals surface area contributed by atoms with Crippen molar-refractivity contribution in [3.8, 4) is 0 Å². The zero-order valence-corrected chi connectivity index (χ0v) is 20.8. The smallest absolute Gasteiger partial charge is 0.225 e. The summed E-state index contributed by atoms with van der Waals surface area (Å²) in [5.41, 5.74) is 1.50. The van der Waals surface area contributed by atoms with E-state index in [1.165, 1.54) is 65.0 Å². The van der Waals surface area contributed by atoms with Gasteiger partial charge in [0, 0.05) is 56.0 Å². The van der Waals surface area contributed by atoms with Gasteiger partial charge in [0.1, 0.15) is 16.5 Å². The van der Waals surface area contributed by atoms with Gasteiger partial charge in [-0.1, -0.05) is 32.6 Å². The summed E-state index contributed by atoms with van der Waals surface area (Å²) in [7, 11) is 0. The maximum Gasteiger partial charge on any atom is 0.225 e. The normalized spacial score (nSPS) is 23.1. The maximum atomic E-state index is 12.8. The lowest BCUT2D eigenvalue weighted by Gasteiger charge is -2.39. The number of thiophene rings is 1. The molecule has 2 aromatic heterocycles. The number of nitrogens with zero attached hydrogens (tertiary/aromatic N) is 5. The fourth-order valence-corrected chi connectivity index (χ4v) is 7.40. The molecular weight excluding hydrogens is 430 g/mol. The molecule has 2 aliphatic carbocycles. The molecule has 6 nitrogen and oxygen atoms in total. The number of piperazine rings is 1. The molecule has 2 aromatic rings. The van der Waals surface area contributed by atoms with E-state index in [0.717, 1.165) is 70.9 Å². The Morgan fingerprint density at radius 1 is 0.970 bits per heavy atom. The largest absolute Gasteiger partial charge is 0.352 e. The monoisotopic (exact) mass is 467 g/mol. The molecule has 3 fully saturated rings. The summed E-state index contributed by atoms with van der Waals surface area (Å²) >= 11 is 1.91. The van der Waals surface area contributed by atoms with E-state index < -0.39 is 0 Å². The molecule has 0 unspecified atom stereocenters. The molecule has 178 valence electrons. The van der Waals surface area contributed by atoms with Crippen molar-refractivity contribution in [2.24, 2.45) is 5.92 Å². The van der Waals surface area contributed by atoms with E-state index >= 15 is 0 Å². The number of hydrogen-bond donors (Lipinski definition) is 0. The first-order chi connectivity index (χ1) is 16.2. The SMILES string of the molecule is CCN1CCc2c(sc3nc(C4CCCCC4)nc(N4CCN(C(=O)C5CCC5)CC4)c23)C1. The quantitative estimate of drug-likeness (QED) is 0.660. The Labute approximate surface area is 201 Å². The molecule has 1 amide bonds. The molecule has 0 radical (unpaired) electrons. The molecule has 0 spiro atoms. The van der Waals surface area contributed by atoms with E-state index in [9.17, 15) is 4.79 Å². The molecule has 4 aliphatic rings. The molecular formula is C26H37N5OS. The van der Waals surface area contributed by atoms with Crippen LogP contribution < -0.4 is 4.90 Å². The standard InChI is InChI=1S/C26H37N5OS/c1-2-29-12-11-20-21(17-29)33-25-22(20)24(27-23(28-25)18-7-4-3-5-8-18)30-13-15-31(16-14-30)26(32)19-9-6-10-19/h18-19H,2-17H2,1H3. The number of aromatic nitrogens is 2. The molecule has 0 aromatic carbocycles. The Bertz CT molecular complexity index is 1020. The molecule has 2 aliphatic heterocycles. The van der Waals surface area contributed by atoms with Gasteiger partial charge in [0.15, 0.2) is 0 Å². The van der Waals surface area contributed by atoms with Gasteiger partial charge in [0.2, 0.25) is 5.91 Å². The lowest BCUT2D eigenvalue weighted by atomic mass is 9.84. The van der Waals surface area contributed by atoms with E-state index in [1.807, 2.05) is 11.3 Å². The summed E-state index contributed by atoms with van der Waals surface area (Å²) in [5.74, 6) is 3.44. The first kappa shape index (κ1) is 21.8. The predicted molar refractivity (Wildman–Crippen MR) is 134 cm³/mol. The minimum atomic E-state index is 0.297. The van der Waals surface area contributed by atoms with Gasteiger partial charge in [0.05, 0.1) is 5.39 Å². The number of fused-ring (bicyclic) bond motifs is 3. The van der Waals surface area contributed by atoms with Crippen LogP contribution in [0.4, 0.5) is 5.82 Å². The van der Waals surface area contributed by atoms with E-state index in [1.54, 1.807) is 0 Å². The van der Waals surface area contributed by atoms with Gasteiger partial charge >= 0.3 is 0 Å². The van der Waals surface area contributed by atoms with Gasteiger partial charge in [-0.2, -0.15) is 0 Å². The Hall–Kier alpha value is -1.73. The van der Waals surface area contributed by atoms with E-state index in [2.05, 4.69) is 21.6 Å². The van der Waals surface area contributed by atoms with Crippen LogP contribution in [0, 0.1) is 5.92 Å². The number of likely N-dealkylation sites (N-methyl/N-ethyl adjacent to an activating group) is 1. The fraction of sp³-hybridized carbons (Fsp3) is 0.731. The van der Waals surface area contributed by atoms with Gasteiger partial charge in [0.25, 0.3) is 0 Å². The van der Waals surface area contributed by atoms with Crippen LogP contribution in [0.1, 0.15) is 80.5 Å². The molecule has 0 atom stereocenters. The van der Waals surface area contributed by atoms with Crippen LogP contribution in [0.15, 0.2) is 0 Å². The zero-order chi connectivity index (χ0) is 22.4. The highest BCUT2D eigenvalue weighted by atomic mass is 32.1. The minimum absolute atomic E-state index is 0.297. The molecule has 2 saturated carbocycles. The van der Waals surface area contributed by atoms with Gasteiger partial charge in [-0.05, 0) is 44.2 Å². The fourth-order valence-electron chi connectivity index (χ4n) is 6.14. The number of hydrogen-bond acceptors (Lipinski definition) is 6. The Kier molecular flexibility index (Phi) is 6.03. The van der Waals surface area contributed by atoms with Crippen molar-refractivity contribution in [3.63, 3.8) is 0 Å². The minimum Gasteiger partial charge on any atom is -0.352 e. The highest BCUT2D eigenvalue weighted by Gasteiger charge is 2.33. The third-order valence-electron chi connectivity index (χ3n) is 8.54. The van der Waals surface area contributed by atoms with E-state index in [-0.39, 0.29) is 0 Å². The van der Waals surface area contributed by atoms with Crippen LogP contribution in [0.25, 0.3) is 10.2 Å². The second kappa shape index (κ2) is 9.14. The van der Waals surface area contributed by atoms with Crippen LogP contribution in [-0.4, -0.2) is 64.9 Å². The first-order valence-corrected chi connectivity index (χ1v) is 14.1. The van der Waals surface area contributed by atoms with Gasteiger partial charge < -0.3 is 9.80 Å². The topological polar surface area (TPSA) is 52.6 Å². The van der Waals surface area contributed by atoms with E-state index in [0.29, 0.717) is 17.7 Å². The third-order valence-corrected chi connectivity index (χ3v) is 9.65. The zero-order valence-electron chi connectivity index (χ0n) is 20.0. The van der Waals surface area contributed by atoms with Gasteiger partial charge in [-0.15, -0.1) is 11.3 Å². The summed E-state index contributed by atoms with van der Waals surface area (Å²) in [6.07, 6.45) is 10.9. The Balaban J connectivity index is 1.33. The molecule has 33 heavy (non-hydrogen) atoms. The summed E-state index contributed by atoms with van der Waals surface area (Å²) in [6.45, 7) is 8.98. The number of anilines is 1. The summed E-state index contributed by atoms with van der Waals surface area (Å²) in [5, 5.41) is 1.32. The number of rotatable bonds is 4. The van der Waals surface area contributed by atoms with Crippen LogP contribution in [0.5, 0.6) is 0 Å². The second-order valence-electron chi connectivity index (χ2n) is 10.5. The third kappa shape index (κ3) is 4.05. The van der Waals surface area contributed by atoms with E-state index in [4.69, 9.17) is 9.97 Å². The second-order valence-corrected chi connectivity index (χ2v) is 11.6. The van der Waals surface area contributed by atoms with Crippen LogP contribution in [-0.2, 0) is 17.8 Å². The molecule has 0 bridgehead atoms. The molecule has 4 heterocycles. The predicted octanol–water partition coefficient (Wildman–Crippen LogP) is 4.57. The number of carbonyl (C=O) groups is 1. The average Bonchev–Trinajstić information content (AvgIpc) is 3.20. The van der Waals surface area contributed by atoms with Crippen LogP contribution in [0.3, 0.4) is 0 Å². The van der Waals surface area contributed by atoms with Crippen molar-refractivity contribution < 1.29 is 4.79 Å². The van der Waals surface area contributed by atoms with Crippen molar-refractivity contribution in [1.29, 1.82) is 0 Å². The van der Waals surface area contributed by atoms with Crippen LogP contribution >= 0.6 is 11.3 Å². The molecule has 7 heteroatoms. The van der Waals surface area contributed by atoms with Gasteiger partial charge in [-0.3, -0.25) is 9.69 Å². The highest BCUT2D eigenvalue weighted by Crippen LogP contribution is 2.41. The van der Waals surface area contributed by atoms with Crippen LogP contribution in [0.2, 0.25) is 0 Å². The highest BCUT2D eigenvalue weighted by molar-refractivity contribution is 7.19. The number of carbonyl (C=O) groups excluding carboxylic acids is 1.